The van der Waals surface area contributed by atoms with Crippen LogP contribution in [0.1, 0.15) is 11.1 Å². The van der Waals surface area contributed by atoms with Gasteiger partial charge >= 0.3 is 0 Å². The van der Waals surface area contributed by atoms with E-state index in [4.69, 9.17) is 0 Å². The Hall–Kier alpha value is -2.42. The number of benzene rings is 2. The molecule has 3 aromatic rings. The molecule has 0 spiro atoms. The van der Waals surface area contributed by atoms with Crippen molar-refractivity contribution in [2.75, 3.05) is 0 Å². The Kier molecular flexibility index (Phi) is 2.30. The van der Waals surface area contributed by atoms with Gasteiger partial charge in [-0.2, -0.15) is 4.98 Å². The van der Waals surface area contributed by atoms with Crippen LogP contribution in [0.15, 0.2) is 47.3 Å². The highest BCUT2D eigenvalue weighted by Gasteiger charge is 2.19. The molecule has 1 aliphatic heterocycles. The summed E-state index contributed by atoms with van der Waals surface area (Å²) in [4.78, 5) is 16.6. The van der Waals surface area contributed by atoms with Crippen LogP contribution < -0.4 is 5.56 Å². The Morgan fingerprint density at radius 2 is 2.00 bits per heavy atom. The van der Waals surface area contributed by atoms with Gasteiger partial charge in [-0.3, -0.25) is 4.79 Å². The van der Waals surface area contributed by atoms with Crippen molar-refractivity contribution in [3.63, 3.8) is 0 Å². The second-order valence-electron chi connectivity index (χ2n) is 5.32. The average molecular weight is 262 g/mol. The van der Waals surface area contributed by atoms with Gasteiger partial charge in [-0.15, -0.1) is 0 Å². The fourth-order valence-corrected chi connectivity index (χ4v) is 3.00. The zero-order valence-electron chi connectivity index (χ0n) is 11.3. The van der Waals surface area contributed by atoms with E-state index < -0.39 is 0 Å². The van der Waals surface area contributed by atoms with Crippen molar-refractivity contribution in [2.24, 2.45) is 0 Å². The lowest BCUT2D eigenvalue weighted by Gasteiger charge is -2.22. The van der Waals surface area contributed by atoms with E-state index in [0.29, 0.717) is 5.39 Å². The molecule has 98 valence electrons. The van der Waals surface area contributed by atoms with E-state index in [1.165, 1.54) is 5.56 Å². The third-order valence-electron chi connectivity index (χ3n) is 4.00. The molecule has 0 radical (unpaired) electrons. The largest absolute Gasteiger partial charge is 0.325 e. The number of aryl methyl sites for hydroxylation is 3. The summed E-state index contributed by atoms with van der Waals surface area (Å²) in [6, 6.07) is 14.1. The Morgan fingerprint density at radius 1 is 1.15 bits per heavy atom. The predicted molar refractivity (Wildman–Crippen MR) is 79.9 cm³/mol. The SMILES string of the molecule is Cc1ccc2c(=O)nc3n(c2c1)CCc1ccccc1-3. The van der Waals surface area contributed by atoms with Gasteiger partial charge in [0.15, 0.2) is 0 Å². The Bertz CT molecular complexity index is 893. The molecule has 20 heavy (non-hydrogen) atoms. The van der Waals surface area contributed by atoms with Crippen molar-refractivity contribution in [2.45, 2.75) is 19.9 Å². The first-order chi connectivity index (χ1) is 9.74. The van der Waals surface area contributed by atoms with Crippen LogP contribution in [0, 0.1) is 6.92 Å². The van der Waals surface area contributed by atoms with Crippen LogP contribution >= 0.6 is 0 Å². The molecule has 0 N–H and O–H groups in total. The molecule has 1 aromatic heterocycles. The summed E-state index contributed by atoms with van der Waals surface area (Å²) in [5, 5.41) is 0.707. The summed E-state index contributed by atoms with van der Waals surface area (Å²) in [5.41, 5.74) is 4.37. The molecule has 0 atom stereocenters. The van der Waals surface area contributed by atoms with E-state index >= 15 is 0 Å². The standard InChI is InChI=1S/C17H14N2O/c1-11-6-7-14-15(10-11)19-9-8-12-4-2-3-5-13(12)16(19)18-17(14)20/h2-7,10H,8-9H2,1H3. The fraction of sp³-hybridized carbons (Fsp3) is 0.176. The van der Waals surface area contributed by atoms with E-state index in [1.807, 2.05) is 37.3 Å². The molecular weight excluding hydrogens is 248 g/mol. The minimum atomic E-state index is -0.136. The van der Waals surface area contributed by atoms with Crippen molar-refractivity contribution >= 4 is 10.9 Å². The van der Waals surface area contributed by atoms with Gasteiger partial charge in [-0.1, -0.05) is 30.3 Å². The Morgan fingerprint density at radius 3 is 2.90 bits per heavy atom. The molecule has 0 bridgehead atoms. The third-order valence-corrected chi connectivity index (χ3v) is 4.00. The highest BCUT2D eigenvalue weighted by atomic mass is 16.1. The van der Waals surface area contributed by atoms with E-state index in [9.17, 15) is 4.79 Å². The molecule has 0 aliphatic carbocycles. The zero-order chi connectivity index (χ0) is 13.7. The van der Waals surface area contributed by atoms with Crippen LogP contribution in [0.5, 0.6) is 0 Å². The molecule has 3 heteroatoms. The number of rotatable bonds is 0. The third kappa shape index (κ3) is 1.53. The number of aromatic nitrogens is 2. The second kappa shape index (κ2) is 4.04. The minimum Gasteiger partial charge on any atom is -0.325 e. The number of fused-ring (bicyclic) bond motifs is 5. The maximum Gasteiger partial charge on any atom is 0.281 e. The monoisotopic (exact) mass is 262 g/mol. The quantitative estimate of drug-likeness (QED) is 0.624. The highest BCUT2D eigenvalue weighted by Crippen LogP contribution is 2.29. The van der Waals surface area contributed by atoms with Gasteiger partial charge in [0.25, 0.3) is 5.56 Å². The van der Waals surface area contributed by atoms with Crippen LogP contribution in [0.25, 0.3) is 22.3 Å². The van der Waals surface area contributed by atoms with Gasteiger partial charge in [0.05, 0.1) is 10.9 Å². The van der Waals surface area contributed by atoms with Crippen LogP contribution in [0.2, 0.25) is 0 Å². The molecule has 0 amide bonds. The molecule has 0 saturated heterocycles. The van der Waals surface area contributed by atoms with Gasteiger partial charge in [0.1, 0.15) is 5.82 Å². The Balaban J connectivity index is 2.15. The van der Waals surface area contributed by atoms with E-state index in [1.54, 1.807) is 0 Å². The highest BCUT2D eigenvalue weighted by molar-refractivity contribution is 5.82. The molecule has 0 fully saturated rings. The van der Waals surface area contributed by atoms with Crippen molar-refractivity contribution in [3.05, 3.63) is 63.9 Å². The summed E-state index contributed by atoms with van der Waals surface area (Å²) >= 11 is 0. The maximum absolute atomic E-state index is 12.2. The van der Waals surface area contributed by atoms with Gasteiger partial charge in [0.2, 0.25) is 0 Å². The van der Waals surface area contributed by atoms with E-state index in [-0.39, 0.29) is 5.56 Å². The van der Waals surface area contributed by atoms with Gasteiger partial charge in [0, 0.05) is 12.1 Å². The first-order valence-electron chi connectivity index (χ1n) is 6.83. The van der Waals surface area contributed by atoms with Gasteiger partial charge < -0.3 is 4.57 Å². The normalized spacial score (nSPS) is 13.1. The van der Waals surface area contributed by atoms with Crippen molar-refractivity contribution < 1.29 is 0 Å². The molecular formula is C17H14N2O. The minimum absolute atomic E-state index is 0.136. The van der Waals surface area contributed by atoms with Crippen molar-refractivity contribution in [1.82, 2.24) is 9.55 Å². The summed E-state index contributed by atoms with van der Waals surface area (Å²) in [5.74, 6) is 0.801. The predicted octanol–water partition coefficient (Wildman–Crippen LogP) is 2.93. The smallest absolute Gasteiger partial charge is 0.281 e. The molecule has 4 rings (SSSR count). The van der Waals surface area contributed by atoms with E-state index in [2.05, 4.69) is 21.7 Å². The Labute approximate surface area is 116 Å². The zero-order valence-corrected chi connectivity index (χ0v) is 11.3. The molecule has 0 unspecified atom stereocenters. The maximum atomic E-state index is 12.2. The first kappa shape index (κ1) is 11.4. The fourth-order valence-electron chi connectivity index (χ4n) is 3.00. The molecule has 3 nitrogen and oxygen atoms in total. The summed E-state index contributed by atoms with van der Waals surface area (Å²) in [6.07, 6.45) is 0.983. The first-order valence-corrected chi connectivity index (χ1v) is 6.83. The van der Waals surface area contributed by atoms with Gasteiger partial charge in [-0.05, 0) is 36.6 Å². The lowest BCUT2D eigenvalue weighted by Crippen LogP contribution is -2.21. The lowest BCUT2D eigenvalue weighted by molar-refractivity contribution is 0.688. The molecule has 2 aromatic carbocycles. The van der Waals surface area contributed by atoms with Crippen LogP contribution in [0.4, 0.5) is 0 Å². The molecule has 2 heterocycles. The molecule has 0 saturated carbocycles. The van der Waals surface area contributed by atoms with Crippen molar-refractivity contribution in [1.29, 1.82) is 0 Å². The summed E-state index contributed by atoms with van der Waals surface area (Å²) in [6.45, 7) is 2.92. The van der Waals surface area contributed by atoms with Crippen molar-refractivity contribution in [3.8, 4) is 11.4 Å². The van der Waals surface area contributed by atoms with Crippen LogP contribution in [-0.2, 0) is 13.0 Å². The van der Waals surface area contributed by atoms with Crippen LogP contribution in [0.3, 0.4) is 0 Å². The van der Waals surface area contributed by atoms with Crippen LogP contribution in [-0.4, -0.2) is 9.55 Å². The lowest BCUT2D eigenvalue weighted by atomic mass is 9.99. The van der Waals surface area contributed by atoms with E-state index in [0.717, 1.165) is 35.4 Å². The summed E-state index contributed by atoms with van der Waals surface area (Å²) < 4.78 is 2.17. The molecule has 1 aliphatic rings. The average Bonchev–Trinajstić information content (AvgIpc) is 2.47. The topological polar surface area (TPSA) is 34.9 Å². The number of hydrogen-bond acceptors (Lipinski definition) is 2. The number of hydrogen-bond donors (Lipinski definition) is 0. The number of nitrogens with zero attached hydrogens (tertiary/aromatic N) is 2. The van der Waals surface area contributed by atoms with Gasteiger partial charge in [-0.25, -0.2) is 0 Å². The second-order valence-corrected chi connectivity index (χ2v) is 5.32. The summed E-state index contributed by atoms with van der Waals surface area (Å²) in [7, 11) is 0.